The molecule has 7 heteroatoms. The third kappa shape index (κ3) is 4.52. The molecule has 1 rings (SSSR count). The number of rotatable bonds is 5. The average molecular weight is 410 g/mol. The van der Waals surface area contributed by atoms with Gasteiger partial charge in [0.1, 0.15) is 5.84 Å². The van der Waals surface area contributed by atoms with Crippen molar-refractivity contribution in [1.82, 2.24) is 4.90 Å². The lowest BCUT2D eigenvalue weighted by Crippen LogP contribution is -2.39. The summed E-state index contributed by atoms with van der Waals surface area (Å²) in [6.07, 6.45) is 0.317. The maximum Gasteiger partial charge on any atom is 0.255 e. The third-order valence-corrected chi connectivity index (χ3v) is 3.96. The molecule has 1 aromatic carbocycles. The van der Waals surface area contributed by atoms with Crippen LogP contribution in [0.4, 0.5) is 0 Å². The molecule has 0 aliphatic carbocycles. The van der Waals surface area contributed by atoms with Gasteiger partial charge < -0.3 is 15.8 Å². The summed E-state index contributed by atoms with van der Waals surface area (Å²) in [5.74, 6) is -0.0121. The molecule has 0 fully saturated rings. The average Bonchev–Trinajstić information content (AvgIpc) is 2.40. The van der Waals surface area contributed by atoms with E-state index in [2.05, 4.69) is 27.7 Å². The first-order valence-electron chi connectivity index (χ1n) is 6.09. The smallest absolute Gasteiger partial charge is 0.255 e. The molecule has 1 aromatic rings. The van der Waals surface area contributed by atoms with Crippen molar-refractivity contribution in [3.63, 3.8) is 0 Å². The normalized spacial score (nSPS) is 11.8. The highest BCUT2D eigenvalue weighted by atomic mass is 127. The van der Waals surface area contributed by atoms with Gasteiger partial charge in [-0.2, -0.15) is 0 Å². The van der Waals surface area contributed by atoms with E-state index in [-0.39, 0.29) is 17.8 Å². The number of amidine groups is 1. The number of hydrogen-bond donors (Lipinski definition) is 2. The highest BCUT2D eigenvalue weighted by Gasteiger charge is 2.21. The molecule has 3 N–H and O–H groups in total. The number of nitrogens with two attached hydrogens (primary N) is 1. The lowest BCUT2D eigenvalue weighted by Gasteiger charge is -2.27. The van der Waals surface area contributed by atoms with Crippen molar-refractivity contribution in [2.75, 3.05) is 6.54 Å². The highest BCUT2D eigenvalue weighted by Crippen LogP contribution is 2.20. The molecule has 0 saturated heterocycles. The van der Waals surface area contributed by atoms with Crippen molar-refractivity contribution in [3.8, 4) is 0 Å². The van der Waals surface area contributed by atoms with Crippen LogP contribution in [0, 0.1) is 3.57 Å². The molecule has 0 unspecified atom stereocenters. The SMILES string of the molecule is CC(C)N(CC/C(N)=N/O)C(=O)c1cc(Cl)ccc1I. The Morgan fingerprint density at radius 1 is 1.55 bits per heavy atom. The van der Waals surface area contributed by atoms with Crippen LogP contribution in [0.15, 0.2) is 23.4 Å². The van der Waals surface area contributed by atoms with E-state index in [9.17, 15) is 4.79 Å². The van der Waals surface area contributed by atoms with Crippen LogP contribution in [0.3, 0.4) is 0 Å². The zero-order chi connectivity index (χ0) is 15.3. The number of benzene rings is 1. The molecule has 1 amide bonds. The first-order chi connectivity index (χ1) is 9.36. The lowest BCUT2D eigenvalue weighted by atomic mass is 10.1. The van der Waals surface area contributed by atoms with Gasteiger partial charge in [0.2, 0.25) is 0 Å². The fourth-order valence-electron chi connectivity index (χ4n) is 1.70. The standard InChI is InChI=1S/C13H17ClIN3O2/c1-8(2)18(6-5-12(16)17-20)13(19)10-7-9(14)3-4-11(10)15/h3-4,7-8,20H,5-6H2,1-2H3,(H2,16,17). The van der Waals surface area contributed by atoms with Gasteiger partial charge in [-0.25, -0.2) is 0 Å². The maximum absolute atomic E-state index is 12.6. The van der Waals surface area contributed by atoms with Crippen molar-refractivity contribution >= 4 is 45.9 Å². The Morgan fingerprint density at radius 2 is 2.20 bits per heavy atom. The predicted molar refractivity (Wildman–Crippen MR) is 88.4 cm³/mol. The number of carbonyl (C=O) groups excluding carboxylic acids is 1. The number of nitrogens with zero attached hydrogens (tertiary/aromatic N) is 2. The molecule has 0 radical (unpaired) electrons. The quantitative estimate of drug-likeness (QED) is 0.258. The van der Waals surface area contributed by atoms with Gasteiger partial charge in [0.25, 0.3) is 5.91 Å². The zero-order valence-corrected chi connectivity index (χ0v) is 14.2. The molecule has 0 spiro atoms. The van der Waals surface area contributed by atoms with Crippen LogP contribution in [-0.2, 0) is 0 Å². The van der Waals surface area contributed by atoms with Crippen molar-refractivity contribution in [1.29, 1.82) is 0 Å². The Bertz CT molecular complexity index is 520. The first kappa shape index (κ1) is 17.0. The third-order valence-electron chi connectivity index (χ3n) is 2.78. The molecule has 0 saturated carbocycles. The van der Waals surface area contributed by atoms with Gasteiger partial charge in [-0.05, 0) is 54.6 Å². The topological polar surface area (TPSA) is 78.9 Å². The fourth-order valence-corrected chi connectivity index (χ4v) is 2.43. The van der Waals surface area contributed by atoms with Gasteiger partial charge in [0.05, 0.1) is 5.56 Å². The second-order valence-corrected chi connectivity index (χ2v) is 6.16. The molecule has 0 aromatic heterocycles. The molecule has 0 aliphatic rings. The van der Waals surface area contributed by atoms with Crippen molar-refractivity contribution in [3.05, 3.63) is 32.4 Å². The fraction of sp³-hybridized carbons (Fsp3) is 0.385. The summed E-state index contributed by atoms with van der Waals surface area (Å²) in [5, 5.41) is 12.0. The first-order valence-corrected chi connectivity index (χ1v) is 7.55. The van der Waals surface area contributed by atoms with Crippen LogP contribution in [-0.4, -0.2) is 34.4 Å². The number of oxime groups is 1. The summed E-state index contributed by atoms with van der Waals surface area (Å²) in [6, 6.07) is 5.21. The minimum absolute atomic E-state index is 0.00349. The van der Waals surface area contributed by atoms with Crippen molar-refractivity contribution in [2.24, 2.45) is 10.9 Å². The van der Waals surface area contributed by atoms with Crippen LogP contribution in [0.1, 0.15) is 30.6 Å². The van der Waals surface area contributed by atoms with Gasteiger partial charge in [-0.3, -0.25) is 4.79 Å². The Morgan fingerprint density at radius 3 is 2.75 bits per heavy atom. The highest BCUT2D eigenvalue weighted by molar-refractivity contribution is 14.1. The predicted octanol–water partition coefficient (Wildman–Crippen LogP) is 2.93. The van der Waals surface area contributed by atoms with E-state index in [0.29, 0.717) is 23.6 Å². The lowest BCUT2D eigenvalue weighted by molar-refractivity contribution is 0.0710. The van der Waals surface area contributed by atoms with Crippen LogP contribution >= 0.6 is 34.2 Å². The molecule has 110 valence electrons. The number of hydrogen-bond acceptors (Lipinski definition) is 3. The zero-order valence-electron chi connectivity index (χ0n) is 11.3. The molecule has 20 heavy (non-hydrogen) atoms. The van der Waals surface area contributed by atoms with Crippen LogP contribution < -0.4 is 5.73 Å². The van der Waals surface area contributed by atoms with Gasteiger partial charge in [-0.15, -0.1) is 0 Å². The van der Waals surface area contributed by atoms with Crippen molar-refractivity contribution in [2.45, 2.75) is 26.3 Å². The summed E-state index contributed by atoms with van der Waals surface area (Å²) in [7, 11) is 0. The Kier molecular flexibility index (Phi) is 6.54. The Hall–Kier alpha value is -1.02. The summed E-state index contributed by atoms with van der Waals surface area (Å²) >= 11 is 8.05. The van der Waals surface area contributed by atoms with Crippen LogP contribution in [0.2, 0.25) is 5.02 Å². The van der Waals surface area contributed by atoms with Crippen molar-refractivity contribution < 1.29 is 10.0 Å². The number of amides is 1. The molecule has 0 aliphatic heterocycles. The molecule has 0 atom stereocenters. The Labute approximate surface area is 136 Å². The van der Waals surface area contributed by atoms with Crippen LogP contribution in [0.5, 0.6) is 0 Å². The second kappa shape index (κ2) is 7.68. The summed E-state index contributed by atoms with van der Waals surface area (Å²) in [5.41, 5.74) is 6.02. The monoisotopic (exact) mass is 409 g/mol. The Balaban J connectivity index is 2.97. The second-order valence-electron chi connectivity index (χ2n) is 4.56. The van der Waals surface area contributed by atoms with Gasteiger partial charge >= 0.3 is 0 Å². The molecule has 0 bridgehead atoms. The number of carbonyl (C=O) groups is 1. The molecular weight excluding hydrogens is 393 g/mol. The van der Waals surface area contributed by atoms with E-state index < -0.39 is 0 Å². The van der Waals surface area contributed by atoms with E-state index in [1.807, 2.05) is 13.8 Å². The molecule has 5 nitrogen and oxygen atoms in total. The molecule has 0 heterocycles. The summed E-state index contributed by atoms with van der Waals surface area (Å²) in [4.78, 5) is 14.3. The van der Waals surface area contributed by atoms with E-state index in [4.69, 9.17) is 22.5 Å². The van der Waals surface area contributed by atoms with Gasteiger partial charge in [0.15, 0.2) is 0 Å². The van der Waals surface area contributed by atoms with Gasteiger partial charge in [-0.1, -0.05) is 16.8 Å². The largest absolute Gasteiger partial charge is 0.409 e. The summed E-state index contributed by atoms with van der Waals surface area (Å²) < 4.78 is 0.839. The minimum atomic E-state index is -0.113. The van der Waals surface area contributed by atoms with E-state index in [1.165, 1.54) is 0 Å². The van der Waals surface area contributed by atoms with E-state index in [1.54, 1.807) is 23.1 Å². The molecular formula is C13H17ClIN3O2. The maximum atomic E-state index is 12.6. The van der Waals surface area contributed by atoms with Gasteiger partial charge in [0, 0.05) is 27.6 Å². The van der Waals surface area contributed by atoms with Crippen LogP contribution in [0.25, 0.3) is 0 Å². The van der Waals surface area contributed by atoms with E-state index >= 15 is 0 Å². The van der Waals surface area contributed by atoms with E-state index in [0.717, 1.165) is 3.57 Å². The number of halogens is 2. The summed E-state index contributed by atoms with van der Waals surface area (Å²) in [6.45, 7) is 4.22. The minimum Gasteiger partial charge on any atom is -0.409 e.